The fourth-order valence-corrected chi connectivity index (χ4v) is 1.50. The molecule has 0 radical (unpaired) electrons. The molecule has 0 spiro atoms. The first-order chi connectivity index (χ1) is 11.8. The van der Waals surface area contributed by atoms with E-state index in [0.29, 0.717) is 17.5 Å². The van der Waals surface area contributed by atoms with E-state index in [4.69, 9.17) is 20.4 Å². The normalized spacial score (nSPS) is 11.7. The van der Waals surface area contributed by atoms with Crippen LogP contribution in [0.25, 0.3) is 0 Å². The predicted molar refractivity (Wildman–Crippen MR) is 94.8 cm³/mol. The number of aliphatic hydroxyl groups excluding tert-OH is 2. The van der Waals surface area contributed by atoms with Crippen molar-refractivity contribution in [3.05, 3.63) is 71.8 Å². The van der Waals surface area contributed by atoms with Gasteiger partial charge in [0, 0.05) is 0 Å². The highest BCUT2D eigenvalue weighted by molar-refractivity contribution is 5.87. The highest BCUT2D eigenvalue weighted by Gasteiger charge is 2.05. The van der Waals surface area contributed by atoms with Gasteiger partial charge in [-0.1, -0.05) is 43.3 Å². The van der Waals surface area contributed by atoms with E-state index in [0.717, 1.165) is 0 Å². The second-order valence-electron chi connectivity index (χ2n) is 5.06. The SMILES string of the molecule is CCC(O)C(C)O.O=C(O)c1ccccc1.O=C(O)c1ccccc1. The molecule has 0 saturated heterocycles. The van der Waals surface area contributed by atoms with Gasteiger partial charge in [0.2, 0.25) is 0 Å². The molecule has 0 aliphatic rings. The van der Waals surface area contributed by atoms with Crippen LogP contribution in [0.15, 0.2) is 60.7 Å². The summed E-state index contributed by atoms with van der Waals surface area (Å²) >= 11 is 0. The standard InChI is InChI=1S/2C7H6O2.C5H12O2/c2*8-7(9)6-4-2-1-3-5-6;1-3-5(7)4(2)6/h2*1-5H,(H,8,9);4-7H,3H2,1-2H3. The van der Waals surface area contributed by atoms with Crippen LogP contribution in [0.2, 0.25) is 0 Å². The van der Waals surface area contributed by atoms with Gasteiger partial charge < -0.3 is 20.4 Å². The Morgan fingerprint density at radius 3 is 1.24 bits per heavy atom. The van der Waals surface area contributed by atoms with Crippen LogP contribution in [0.1, 0.15) is 41.0 Å². The number of carbonyl (C=O) groups is 2. The number of carboxylic acids is 2. The molecule has 0 aliphatic heterocycles. The summed E-state index contributed by atoms with van der Waals surface area (Å²) < 4.78 is 0. The van der Waals surface area contributed by atoms with E-state index < -0.39 is 24.1 Å². The number of aliphatic hydroxyl groups is 2. The molecule has 0 amide bonds. The molecule has 0 aliphatic carbocycles. The van der Waals surface area contributed by atoms with Crippen LogP contribution in [-0.4, -0.2) is 44.6 Å². The largest absolute Gasteiger partial charge is 0.478 e. The topological polar surface area (TPSA) is 115 Å². The molecule has 6 nitrogen and oxygen atoms in total. The van der Waals surface area contributed by atoms with Gasteiger partial charge in [-0.2, -0.15) is 0 Å². The van der Waals surface area contributed by atoms with Crippen LogP contribution in [-0.2, 0) is 0 Å². The maximum absolute atomic E-state index is 10.2. The fraction of sp³-hybridized carbons (Fsp3) is 0.263. The molecule has 2 rings (SSSR count). The summed E-state index contributed by atoms with van der Waals surface area (Å²) in [6.45, 7) is 3.41. The molecule has 0 heterocycles. The lowest BCUT2D eigenvalue weighted by Crippen LogP contribution is -2.20. The molecule has 25 heavy (non-hydrogen) atoms. The summed E-state index contributed by atoms with van der Waals surface area (Å²) in [6.07, 6.45) is -0.498. The highest BCUT2D eigenvalue weighted by Crippen LogP contribution is 1.97. The average Bonchev–Trinajstić information content (AvgIpc) is 2.63. The Hall–Kier alpha value is -2.70. The van der Waals surface area contributed by atoms with E-state index >= 15 is 0 Å². The molecular formula is C19H24O6. The summed E-state index contributed by atoms with van der Waals surface area (Å²) in [5, 5.41) is 34.0. The zero-order valence-corrected chi connectivity index (χ0v) is 14.2. The highest BCUT2D eigenvalue weighted by atomic mass is 16.4. The van der Waals surface area contributed by atoms with E-state index in [1.165, 1.54) is 0 Å². The van der Waals surface area contributed by atoms with Crippen LogP contribution >= 0.6 is 0 Å². The molecule has 6 heteroatoms. The van der Waals surface area contributed by atoms with Crippen molar-refractivity contribution in [2.45, 2.75) is 32.5 Å². The zero-order chi connectivity index (χ0) is 19.2. The first-order valence-electron chi connectivity index (χ1n) is 7.72. The summed E-state index contributed by atoms with van der Waals surface area (Å²) in [5.74, 6) is -1.76. The molecule has 0 saturated carbocycles. The number of hydrogen-bond acceptors (Lipinski definition) is 4. The molecule has 2 atom stereocenters. The van der Waals surface area contributed by atoms with Crippen LogP contribution in [0, 0.1) is 0 Å². The number of aromatic carboxylic acids is 2. The maximum atomic E-state index is 10.2. The minimum absolute atomic E-state index is 0.331. The first kappa shape index (κ1) is 22.3. The minimum atomic E-state index is -0.879. The van der Waals surface area contributed by atoms with E-state index in [-0.39, 0.29) is 0 Å². The smallest absolute Gasteiger partial charge is 0.335 e. The van der Waals surface area contributed by atoms with Crippen LogP contribution in [0.5, 0.6) is 0 Å². The van der Waals surface area contributed by atoms with Crippen molar-refractivity contribution < 1.29 is 30.0 Å². The summed E-state index contributed by atoms with van der Waals surface area (Å²) in [4.78, 5) is 20.4. The van der Waals surface area contributed by atoms with E-state index in [1.807, 2.05) is 6.92 Å². The Balaban J connectivity index is 0.000000350. The third-order valence-electron chi connectivity index (χ3n) is 3.02. The third kappa shape index (κ3) is 10.6. The van der Waals surface area contributed by atoms with E-state index in [2.05, 4.69) is 0 Å². The van der Waals surface area contributed by atoms with Crippen molar-refractivity contribution in [3.63, 3.8) is 0 Å². The average molecular weight is 348 g/mol. The molecule has 2 aromatic rings. The maximum Gasteiger partial charge on any atom is 0.335 e. The fourth-order valence-electron chi connectivity index (χ4n) is 1.50. The van der Waals surface area contributed by atoms with Crippen molar-refractivity contribution in [2.75, 3.05) is 0 Å². The van der Waals surface area contributed by atoms with Crippen molar-refractivity contribution in [1.29, 1.82) is 0 Å². The second-order valence-corrected chi connectivity index (χ2v) is 5.06. The summed E-state index contributed by atoms with van der Waals surface area (Å²) in [7, 11) is 0. The number of benzene rings is 2. The summed E-state index contributed by atoms with van der Waals surface area (Å²) in [6, 6.07) is 16.6. The molecular weight excluding hydrogens is 324 g/mol. The molecule has 2 unspecified atom stereocenters. The Morgan fingerprint density at radius 2 is 1.12 bits per heavy atom. The van der Waals surface area contributed by atoms with Gasteiger partial charge in [-0.05, 0) is 37.6 Å². The van der Waals surface area contributed by atoms with Gasteiger partial charge >= 0.3 is 11.9 Å². The van der Waals surface area contributed by atoms with E-state index in [9.17, 15) is 9.59 Å². The van der Waals surface area contributed by atoms with Crippen LogP contribution < -0.4 is 0 Å². The lowest BCUT2D eigenvalue weighted by molar-refractivity contribution is 0.0294. The number of hydrogen-bond donors (Lipinski definition) is 4. The van der Waals surface area contributed by atoms with Gasteiger partial charge in [0.05, 0.1) is 23.3 Å². The van der Waals surface area contributed by atoms with Crippen LogP contribution in [0.4, 0.5) is 0 Å². The van der Waals surface area contributed by atoms with Gasteiger partial charge in [0.15, 0.2) is 0 Å². The van der Waals surface area contributed by atoms with Crippen molar-refractivity contribution >= 4 is 11.9 Å². The van der Waals surface area contributed by atoms with E-state index in [1.54, 1.807) is 67.6 Å². The predicted octanol–water partition coefficient (Wildman–Crippen LogP) is 2.91. The van der Waals surface area contributed by atoms with Gasteiger partial charge in [-0.15, -0.1) is 0 Å². The Labute approximate surface area is 147 Å². The van der Waals surface area contributed by atoms with Crippen molar-refractivity contribution in [3.8, 4) is 0 Å². The van der Waals surface area contributed by atoms with Crippen molar-refractivity contribution in [1.82, 2.24) is 0 Å². The molecule has 136 valence electrons. The monoisotopic (exact) mass is 348 g/mol. The van der Waals surface area contributed by atoms with Gasteiger partial charge in [-0.3, -0.25) is 0 Å². The molecule has 4 N–H and O–H groups in total. The quantitative estimate of drug-likeness (QED) is 0.675. The first-order valence-corrected chi connectivity index (χ1v) is 7.72. The third-order valence-corrected chi connectivity index (χ3v) is 3.02. The zero-order valence-electron chi connectivity index (χ0n) is 14.2. The molecule has 0 fully saturated rings. The van der Waals surface area contributed by atoms with Crippen LogP contribution in [0.3, 0.4) is 0 Å². The Bertz CT molecular complexity index is 561. The lowest BCUT2D eigenvalue weighted by Gasteiger charge is -2.08. The Kier molecular flexibility index (Phi) is 11.3. The molecule has 0 bridgehead atoms. The summed E-state index contributed by atoms with van der Waals surface area (Å²) in [5.41, 5.74) is 0.662. The number of rotatable bonds is 4. The van der Waals surface area contributed by atoms with Crippen molar-refractivity contribution in [2.24, 2.45) is 0 Å². The lowest BCUT2D eigenvalue weighted by atomic mass is 10.2. The van der Waals surface area contributed by atoms with Gasteiger partial charge in [0.1, 0.15) is 0 Å². The number of carboxylic acid groups (broad SMARTS) is 2. The minimum Gasteiger partial charge on any atom is -0.478 e. The Morgan fingerprint density at radius 1 is 0.800 bits per heavy atom. The van der Waals surface area contributed by atoms with Gasteiger partial charge in [0.25, 0.3) is 0 Å². The molecule has 2 aromatic carbocycles. The molecule has 0 aromatic heterocycles. The second kappa shape index (κ2) is 12.7. The van der Waals surface area contributed by atoms with Gasteiger partial charge in [-0.25, -0.2) is 9.59 Å².